The molecule has 0 N–H and O–H groups in total. The van der Waals surface area contributed by atoms with Gasteiger partial charge < -0.3 is 4.74 Å². The molecular formula is C12H21O2. The van der Waals surface area contributed by atoms with Crippen molar-refractivity contribution in [2.24, 2.45) is 17.8 Å². The van der Waals surface area contributed by atoms with E-state index < -0.39 is 0 Å². The summed E-state index contributed by atoms with van der Waals surface area (Å²) in [5, 5.41) is 0. The average molecular weight is 197 g/mol. The van der Waals surface area contributed by atoms with Gasteiger partial charge in [-0.1, -0.05) is 20.3 Å². The quantitative estimate of drug-likeness (QED) is 0.695. The van der Waals surface area contributed by atoms with E-state index >= 15 is 0 Å². The van der Waals surface area contributed by atoms with Crippen LogP contribution in [0.1, 0.15) is 47.0 Å². The Bertz CT molecular complexity index is 198. The van der Waals surface area contributed by atoms with E-state index in [1.165, 1.54) is 12.8 Å². The lowest BCUT2D eigenvalue weighted by molar-refractivity contribution is -0.0205. The molecule has 0 heterocycles. The Morgan fingerprint density at radius 3 is 2.43 bits per heavy atom. The summed E-state index contributed by atoms with van der Waals surface area (Å²) in [5.41, 5.74) is -0.346. The molecule has 1 fully saturated rings. The van der Waals surface area contributed by atoms with Gasteiger partial charge in [0.2, 0.25) is 0 Å². The van der Waals surface area contributed by atoms with Crippen LogP contribution in [0, 0.1) is 17.8 Å². The minimum atomic E-state index is -0.346. The van der Waals surface area contributed by atoms with Gasteiger partial charge in [-0.05, 0) is 38.5 Å². The number of rotatable bonds is 3. The zero-order valence-corrected chi connectivity index (χ0v) is 9.67. The van der Waals surface area contributed by atoms with Crippen LogP contribution in [0.3, 0.4) is 0 Å². The van der Waals surface area contributed by atoms with Gasteiger partial charge in [-0.2, -0.15) is 0 Å². The molecule has 3 unspecified atom stereocenters. The van der Waals surface area contributed by atoms with Crippen LogP contribution >= 0.6 is 0 Å². The summed E-state index contributed by atoms with van der Waals surface area (Å²) in [6.07, 6.45) is 3.66. The molecule has 0 spiro atoms. The van der Waals surface area contributed by atoms with Crippen LogP contribution in [0.2, 0.25) is 0 Å². The van der Waals surface area contributed by atoms with E-state index in [9.17, 15) is 4.79 Å². The highest BCUT2D eigenvalue weighted by Gasteiger charge is 2.38. The Labute approximate surface area is 87.0 Å². The van der Waals surface area contributed by atoms with Crippen molar-refractivity contribution >= 4 is 6.47 Å². The molecule has 0 aliphatic heterocycles. The van der Waals surface area contributed by atoms with E-state index in [1.807, 2.05) is 13.8 Å². The summed E-state index contributed by atoms with van der Waals surface area (Å²) in [5.74, 6) is 1.94. The van der Waals surface area contributed by atoms with Gasteiger partial charge in [0.05, 0.1) is 0 Å². The van der Waals surface area contributed by atoms with Crippen LogP contribution in [0.4, 0.5) is 0 Å². The van der Waals surface area contributed by atoms with Crippen molar-refractivity contribution in [2.45, 2.75) is 52.6 Å². The molecule has 0 amide bonds. The maximum absolute atomic E-state index is 10.3. The highest BCUT2D eigenvalue weighted by Crippen LogP contribution is 2.40. The fraction of sp³-hybridized carbons (Fsp3) is 0.917. The minimum Gasteiger partial charge on any atom is -0.451 e. The van der Waals surface area contributed by atoms with Gasteiger partial charge in [-0.15, -0.1) is 0 Å². The first-order valence-electron chi connectivity index (χ1n) is 5.52. The molecule has 14 heavy (non-hydrogen) atoms. The first-order valence-corrected chi connectivity index (χ1v) is 5.52. The van der Waals surface area contributed by atoms with Crippen molar-refractivity contribution < 1.29 is 9.53 Å². The molecular weight excluding hydrogens is 176 g/mol. The maximum Gasteiger partial charge on any atom is 0.418 e. The first kappa shape index (κ1) is 11.5. The van der Waals surface area contributed by atoms with Crippen LogP contribution in [0.25, 0.3) is 0 Å². The van der Waals surface area contributed by atoms with Crippen molar-refractivity contribution in [2.75, 3.05) is 0 Å². The Balaban J connectivity index is 2.62. The van der Waals surface area contributed by atoms with Crippen LogP contribution in [0.15, 0.2) is 0 Å². The third-order valence-electron chi connectivity index (χ3n) is 3.63. The number of hydrogen-bond acceptors (Lipinski definition) is 2. The fourth-order valence-electron chi connectivity index (χ4n) is 2.88. The summed E-state index contributed by atoms with van der Waals surface area (Å²) >= 11 is 0. The smallest absolute Gasteiger partial charge is 0.418 e. The largest absolute Gasteiger partial charge is 0.451 e. The lowest BCUT2D eigenvalue weighted by atomic mass is 9.69. The molecule has 2 heteroatoms. The number of hydrogen-bond donors (Lipinski definition) is 0. The zero-order chi connectivity index (χ0) is 10.8. The standard InChI is InChI=1S/C12H21O2/c1-9-5-6-11(10(2)7-9)12(3,4)14-8-13/h9-11H,5-7H2,1-4H3. The normalized spacial score (nSPS) is 33.9. The van der Waals surface area contributed by atoms with Crippen molar-refractivity contribution in [3.63, 3.8) is 0 Å². The van der Waals surface area contributed by atoms with Crippen molar-refractivity contribution in [1.29, 1.82) is 0 Å². The molecule has 1 rings (SSSR count). The molecule has 0 bridgehead atoms. The summed E-state index contributed by atoms with van der Waals surface area (Å²) < 4.78 is 5.07. The predicted octanol–water partition coefficient (Wildman–Crippen LogP) is 2.92. The lowest BCUT2D eigenvalue weighted by Gasteiger charge is -2.41. The van der Waals surface area contributed by atoms with Crippen molar-refractivity contribution in [3.05, 3.63) is 0 Å². The fourth-order valence-corrected chi connectivity index (χ4v) is 2.88. The molecule has 0 aromatic rings. The van der Waals surface area contributed by atoms with Gasteiger partial charge in [0.25, 0.3) is 0 Å². The Hall–Kier alpha value is -0.530. The monoisotopic (exact) mass is 197 g/mol. The summed E-state index contributed by atoms with van der Waals surface area (Å²) in [6, 6.07) is 0. The van der Waals surface area contributed by atoms with Crippen molar-refractivity contribution in [3.8, 4) is 0 Å². The zero-order valence-electron chi connectivity index (χ0n) is 9.67. The maximum atomic E-state index is 10.3. The van der Waals surface area contributed by atoms with Gasteiger partial charge in [-0.3, -0.25) is 0 Å². The molecule has 0 aromatic heterocycles. The van der Waals surface area contributed by atoms with E-state index in [0.29, 0.717) is 11.8 Å². The van der Waals surface area contributed by atoms with E-state index in [0.717, 1.165) is 12.3 Å². The first-order chi connectivity index (χ1) is 6.47. The van der Waals surface area contributed by atoms with Gasteiger partial charge in [0, 0.05) is 5.92 Å². The molecule has 2 nitrogen and oxygen atoms in total. The molecule has 0 aromatic carbocycles. The summed E-state index contributed by atoms with van der Waals surface area (Å²) in [6.45, 7) is 10.1. The Morgan fingerprint density at radius 2 is 1.93 bits per heavy atom. The van der Waals surface area contributed by atoms with Crippen LogP contribution in [-0.4, -0.2) is 12.1 Å². The lowest BCUT2D eigenvalue weighted by Crippen LogP contribution is -2.40. The Kier molecular flexibility index (Phi) is 3.57. The highest BCUT2D eigenvalue weighted by atomic mass is 16.5. The van der Waals surface area contributed by atoms with Gasteiger partial charge >= 0.3 is 6.47 Å². The predicted molar refractivity (Wildman–Crippen MR) is 56.5 cm³/mol. The highest BCUT2D eigenvalue weighted by molar-refractivity contribution is 5.39. The number of carbonyl (C=O) groups excluding carboxylic acids is 1. The van der Waals surface area contributed by atoms with Crippen molar-refractivity contribution in [1.82, 2.24) is 0 Å². The molecule has 1 radical (unpaired) electrons. The molecule has 0 saturated heterocycles. The molecule has 1 saturated carbocycles. The second-order valence-electron chi connectivity index (χ2n) is 5.29. The van der Waals surface area contributed by atoms with Crippen LogP contribution in [-0.2, 0) is 9.53 Å². The third kappa shape index (κ3) is 2.49. The van der Waals surface area contributed by atoms with Gasteiger partial charge in [0.1, 0.15) is 5.60 Å². The molecule has 3 atom stereocenters. The number of ether oxygens (including phenoxy) is 1. The van der Waals surface area contributed by atoms with Crippen LogP contribution < -0.4 is 0 Å². The molecule has 1 aliphatic rings. The van der Waals surface area contributed by atoms with Gasteiger partial charge in [-0.25, -0.2) is 4.79 Å². The van der Waals surface area contributed by atoms with E-state index in [4.69, 9.17) is 4.74 Å². The van der Waals surface area contributed by atoms with Gasteiger partial charge in [0.15, 0.2) is 0 Å². The van der Waals surface area contributed by atoms with E-state index in [-0.39, 0.29) is 5.60 Å². The molecule has 1 aliphatic carbocycles. The molecule has 81 valence electrons. The average Bonchev–Trinajstić information content (AvgIpc) is 2.02. The summed E-state index contributed by atoms with van der Waals surface area (Å²) in [4.78, 5) is 10.3. The topological polar surface area (TPSA) is 26.3 Å². The van der Waals surface area contributed by atoms with E-state index in [1.54, 1.807) is 6.47 Å². The second kappa shape index (κ2) is 4.33. The minimum absolute atomic E-state index is 0.346. The Morgan fingerprint density at radius 1 is 1.29 bits per heavy atom. The third-order valence-corrected chi connectivity index (χ3v) is 3.63. The van der Waals surface area contributed by atoms with Crippen LogP contribution in [0.5, 0.6) is 0 Å². The SMILES string of the molecule is CC1CCC(C(C)(C)O[C]=O)C(C)C1. The van der Waals surface area contributed by atoms with E-state index in [2.05, 4.69) is 13.8 Å². The summed E-state index contributed by atoms with van der Waals surface area (Å²) in [7, 11) is 0. The second-order valence-corrected chi connectivity index (χ2v) is 5.29.